The number of ether oxygens (including phenoxy) is 2. The molecule has 1 aromatic heterocycles. The topological polar surface area (TPSA) is 101 Å². The summed E-state index contributed by atoms with van der Waals surface area (Å²) in [5.74, 6) is 0.147. The molecule has 2 fully saturated rings. The van der Waals surface area contributed by atoms with Gasteiger partial charge in [-0.05, 0) is 65.5 Å². The lowest BCUT2D eigenvalue weighted by Crippen LogP contribution is -2.52. The van der Waals surface area contributed by atoms with E-state index in [1.165, 1.54) is 6.20 Å². The minimum atomic E-state index is -0.555. The molecule has 1 aromatic rings. The maximum atomic E-state index is 13.0. The van der Waals surface area contributed by atoms with Gasteiger partial charge in [-0.1, -0.05) is 0 Å². The van der Waals surface area contributed by atoms with Gasteiger partial charge in [-0.2, -0.15) is 0 Å². The third-order valence-electron chi connectivity index (χ3n) is 5.79. The van der Waals surface area contributed by atoms with Crippen molar-refractivity contribution >= 4 is 23.8 Å². The molecule has 0 aromatic carbocycles. The molecule has 0 unspecified atom stereocenters. The third kappa shape index (κ3) is 7.07. The van der Waals surface area contributed by atoms with Gasteiger partial charge in [0, 0.05) is 38.4 Å². The molecule has 2 amide bonds. The van der Waals surface area contributed by atoms with E-state index >= 15 is 0 Å². The summed E-state index contributed by atoms with van der Waals surface area (Å²) in [7, 11) is 0. The lowest BCUT2D eigenvalue weighted by Gasteiger charge is -2.36. The number of hydrogen-bond acceptors (Lipinski definition) is 7. The van der Waals surface area contributed by atoms with Crippen molar-refractivity contribution < 1.29 is 23.9 Å². The molecular formula is C24H36N4O5. The number of likely N-dealkylation sites (tertiary alicyclic amines) is 1. The number of esters is 1. The second kappa shape index (κ2) is 10.9. The molecule has 9 heteroatoms. The molecule has 0 aliphatic carbocycles. The van der Waals surface area contributed by atoms with Crippen LogP contribution < -0.4 is 10.2 Å². The summed E-state index contributed by atoms with van der Waals surface area (Å²) in [6, 6.07) is 3.54. The van der Waals surface area contributed by atoms with Gasteiger partial charge >= 0.3 is 12.1 Å². The molecule has 0 radical (unpaired) electrons. The monoisotopic (exact) mass is 460 g/mol. The lowest BCUT2D eigenvalue weighted by molar-refractivity contribution is -0.127. The molecule has 2 aliphatic rings. The first kappa shape index (κ1) is 24.8. The van der Waals surface area contributed by atoms with E-state index in [1.54, 1.807) is 17.9 Å². The molecule has 33 heavy (non-hydrogen) atoms. The van der Waals surface area contributed by atoms with Crippen molar-refractivity contribution in [3.8, 4) is 0 Å². The maximum Gasteiger partial charge on any atom is 0.410 e. The zero-order valence-electron chi connectivity index (χ0n) is 20.1. The number of hydrogen-bond donors (Lipinski definition) is 1. The Morgan fingerprint density at radius 3 is 2.55 bits per heavy atom. The number of carbonyl (C=O) groups is 3. The zero-order chi connectivity index (χ0) is 24.0. The number of aromatic nitrogens is 1. The average molecular weight is 461 g/mol. The van der Waals surface area contributed by atoms with Crippen molar-refractivity contribution in [2.24, 2.45) is 5.92 Å². The van der Waals surface area contributed by atoms with E-state index in [0.29, 0.717) is 31.8 Å². The van der Waals surface area contributed by atoms with Gasteiger partial charge in [-0.15, -0.1) is 0 Å². The van der Waals surface area contributed by atoms with Crippen LogP contribution in [-0.4, -0.2) is 72.3 Å². The van der Waals surface area contributed by atoms with Crippen molar-refractivity contribution in [2.75, 3.05) is 37.7 Å². The van der Waals surface area contributed by atoms with Crippen LogP contribution in [0, 0.1) is 5.92 Å². The fraction of sp³-hybridized carbons (Fsp3) is 0.667. The standard InChI is InChI=1S/C24H36N4O5/c1-5-32-22(30)17-10-11-20(25-14-17)27-12-7-9-19(16-27)26-21(29)18-8-6-13-28(15-18)23(31)33-24(2,3)4/h10-11,14,18-19H,5-9,12-13,15-16H2,1-4H3,(H,26,29)/t18-,19+/m1/s1. The van der Waals surface area contributed by atoms with Gasteiger partial charge in [0.2, 0.25) is 5.91 Å². The minimum absolute atomic E-state index is 0.00897. The van der Waals surface area contributed by atoms with E-state index < -0.39 is 5.60 Å². The largest absolute Gasteiger partial charge is 0.462 e. The summed E-state index contributed by atoms with van der Waals surface area (Å²) in [5, 5.41) is 3.18. The Balaban J connectivity index is 1.54. The van der Waals surface area contributed by atoms with E-state index in [0.717, 1.165) is 38.0 Å². The SMILES string of the molecule is CCOC(=O)c1ccc(N2CCC[C@H](NC(=O)[C@@H]3CCCN(C(=O)OC(C)(C)C)C3)C2)nc1. The van der Waals surface area contributed by atoms with Crippen LogP contribution in [0.25, 0.3) is 0 Å². The number of anilines is 1. The Labute approximate surface area is 195 Å². The predicted molar refractivity (Wildman–Crippen MR) is 124 cm³/mol. The van der Waals surface area contributed by atoms with Gasteiger partial charge in [-0.3, -0.25) is 4.79 Å². The second-order valence-corrected chi connectivity index (χ2v) is 9.68. The number of nitrogens with zero attached hydrogens (tertiary/aromatic N) is 3. The third-order valence-corrected chi connectivity index (χ3v) is 5.79. The molecule has 0 bridgehead atoms. The molecule has 2 aliphatic heterocycles. The summed E-state index contributed by atoms with van der Waals surface area (Å²) >= 11 is 0. The second-order valence-electron chi connectivity index (χ2n) is 9.68. The molecule has 0 saturated carbocycles. The number of carbonyl (C=O) groups excluding carboxylic acids is 3. The fourth-order valence-corrected chi connectivity index (χ4v) is 4.21. The van der Waals surface area contributed by atoms with Crippen LogP contribution in [0.4, 0.5) is 10.6 Å². The quantitative estimate of drug-likeness (QED) is 0.674. The van der Waals surface area contributed by atoms with Crippen LogP contribution in [0.5, 0.6) is 0 Å². The van der Waals surface area contributed by atoms with E-state index in [-0.39, 0.29) is 29.9 Å². The van der Waals surface area contributed by atoms with Crippen LogP contribution in [0.15, 0.2) is 18.3 Å². The Morgan fingerprint density at radius 2 is 1.88 bits per heavy atom. The number of pyridine rings is 1. The van der Waals surface area contributed by atoms with Crippen LogP contribution >= 0.6 is 0 Å². The maximum absolute atomic E-state index is 13.0. The normalized spacial score (nSPS) is 21.3. The van der Waals surface area contributed by atoms with Crippen molar-refractivity contribution in [1.29, 1.82) is 0 Å². The summed E-state index contributed by atoms with van der Waals surface area (Å²) in [5.41, 5.74) is -0.130. The average Bonchev–Trinajstić information content (AvgIpc) is 2.78. The molecule has 3 rings (SSSR count). The molecular weight excluding hydrogens is 424 g/mol. The molecule has 3 heterocycles. The molecule has 0 spiro atoms. The Hall–Kier alpha value is -2.84. The number of nitrogens with one attached hydrogen (secondary N) is 1. The first-order valence-electron chi connectivity index (χ1n) is 11.8. The first-order valence-corrected chi connectivity index (χ1v) is 11.8. The van der Waals surface area contributed by atoms with E-state index in [9.17, 15) is 14.4 Å². The number of amides is 2. The molecule has 9 nitrogen and oxygen atoms in total. The highest BCUT2D eigenvalue weighted by atomic mass is 16.6. The molecule has 1 N–H and O–H groups in total. The minimum Gasteiger partial charge on any atom is -0.462 e. The highest BCUT2D eigenvalue weighted by molar-refractivity contribution is 5.89. The highest BCUT2D eigenvalue weighted by Gasteiger charge is 2.32. The summed E-state index contributed by atoms with van der Waals surface area (Å²) < 4.78 is 10.5. The van der Waals surface area contributed by atoms with Crippen molar-refractivity contribution in [1.82, 2.24) is 15.2 Å². The van der Waals surface area contributed by atoms with E-state index in [2.05, 4.69) is 15.2 Å². The highest BCUT2D eigenvalue weighted by Crippen LogP contribution is 2.22. The van der Waals surface area contributed by atoms with Gasteiger partial charge in [0.25, 0.3) is 0 Å². The van der Waals surface area contributed by atoms with Gasteiger partial charge in [-0.25, -0.2) is 14.6 Å². The van der Waals surface area contributed by atoms with Crippen LogP contribution in [0.1, 0.15) is 63.7 Å². The first-order chi connectivity index (χ1) is 15.7. The van der Waals surface area contributed by atoms with Crippen molar-refractivity contribution in [3.63, 3.8) is 0 Å². The summed E-state index contributed by atoms with van der Waals surface area (Å²) in [6.45, 7) is 10.1. The van der Waals surface area contributed by atoms with Crippen LogP contribution in [0.3, 0.4) is 0 Å². The van der Waals surface area contributed by atoms with Gasteiger partial charge in [0.05, 0.1) is 18.1 Å². The predicted octanol–water partition coefficient (Wildman–Crippen LogP) is 2.99. The number of rotatable bonds is 5. The molecule has 2 atom stereocenters. The number of piperidine rings is 2. The van der Waals surface area contributed by atoms with Crippen LogP contribution in [0.2, 0.25) is 0 Å². The molecule has 182 valence electrons. The zero-order valence-corrected chi connectivity index (χ0v) is 20.1. The van der Waals surface area contributed by atoms with Gasteiger partial charge in [0.1, 0.15) is 11.4 Å². The smallest absolute Gasteiger partial charge is 0.410 e. The van der Waals surface area contributed by atoms with Gasteiger partial charge in [0.15, 0.2) is 0 Å². The van der Waals surface area contributed by atoms with Crippen LogP contribution in [-0.2, 0) is 14.3 Å². The van der Waals surface area contributed by atoms with Crippen molar-refractivity contribution in [2.45, 2.75) is 65.0 Å². The van der Waals surface area contributed by atoms with Crippen molar-refractivity contribution in [3.05, 3.63) is 23.9 Å². The summed E-state index contributed by atoms with van der Waals surface area (Å²) in [4.78, 5) is 45.4. The lowest BCUT2D eigenvalue weighted by atomic mass is 9.96. The van der Waals surface area contributed by atoms with E-state index in [4.69, 9.17) is 9.47 Å². The Morgan fingerprint density at radius 1 is 1.12 bits per heavy atom. The summed E-state index contributed by atoms with van der Waals surface area (Å²) in [6.07, 6.45) is 4.54. The molecule has 2 saturated heterocycles. The Bertz CT molecular complexity index is 836. The van der Waals surface area contributed by atoms with Gasteiger partial charge < -0.3 is 24.6 Å². The van der Waals surface area contributed by atoms with E-state index in [1.807, 2.05) is 26.8 Å². The fourth-order valence-electron chi connectivity index (χ4n) is 4.21. The Kier molecular flexibility index (Phi) is 8.15.